The van der Waals surface area contributed by atoms with Gasteiger partial charge in [0.1, 0.15) is 0 Å². The van der Waals surface area contributed by atoms with Crippen LogP contribution >= 0.6 is 0 Å². The molecule has 1 aliphatic carbocycles. The molecule has 1 fully saturated rings. The molecule has 1 aliphatic heterocycles. The molecule has 2 aliphatic rings. The predicted molar refractivity (Wildman–Crippen MR) is 86.2 cm³/mol. The molecule has 1 aromatic rings. The SMILES string of the molecule is O=C(NCCN1CCCOCC1)NC[C@H]1Cc2ccccc21. The Balaban J connectivity index is 1.30. The summed E-state index contributed by atoms with van der Waals surface area (Å²) in [6.45, 7) is 5.97. The maximum atomic E-state index is 11.8. The number of rotatable bonds is 5. The van der Waals surface area contributed by atoms with Gasteiger partial charge in [-0.05, 0) is 24.0 Å². The van der Waals surface area contributed by atoms with Crippen molar-refractivity contribution in [3.05, 3.63) is 35.4 Å². The molecule has 0 radical (unpaired) electrons. The number of hydrogen-bond donors (Lipinski definition) is 2. The number of urea groups is 1. The maximum Gasteiger partial charge on any atom is 0.314 e. The van der Waals surface area contributed by atoms with Crippen LogP contribution in [0.15, 0.2) is 24.3 Å². The van der Waals surface area contributed by atoms with Crippen molar-refractivity contribution in [2.45, 2.75) is 18.8 Å². The lowest BCUT2D eigenvalue weighted by Gasteiger charge is -2.30. The third-order valence-electron chi connectivity index (χ3n) is 4.50. The van der Waals surface area contributed by atoms with Crippen LogP contribution in [0.5, 0.6) is 0 Å². The van der Waals surface area contributed by atoms with Crippen molar-refractivity contribution in [1.29, 1.82) is 0 Å². The van der Waals surface area contributed by atoms with Crippen LogP contribution in [-0.2, 0) is 11.2 Å². The molecule has 0 aromatic heterocycles. The summed E-state index contributed by atoms with van der Waals surface area (Å²) in [6, 6.07) is 8.40. The predicted octanol–water partition coefficient (Wildman–Crippen LogP) is 1.35. The second kappa shape index (κ2) is 7.61. The van der Waals surface area contributed by atoms with Crippen LogP contribution in [0.2, 0.25) is 0 Å². The molecule has 2 N–H and O–H groups in total. The van der Waals surface area contributed by atoms with Gasteiger partial charge in [0, 0.05) is 45.2 Å². The number of carbonyl (C=O) groups excluding carboxylic acids is 1. The Labute approximate surface area is 132 Å². The standard InChI is InChI=1S/C17H25N3O2/c21-17(18-6-8-20-7-3-10-22-11-9-20)19-13-15-12-14-4-1-2-5-16(14)15/h1-2,4-5,15H,3,6-13H2,(H2,18,19,21)/t15-/m1/s1. The van der Waals surface area contributed by atoms with E-state index < -0.39 is 0 Å². The molecular weight excluding hydrogens is 278 g/mol. The van der Waals surface area contributed by atoms with Gasteiger partial charge in [-0.3, -0.25) is 4.90 Å². The Morgan fingerprint density at radius 3 is 3.05 bits per heavy atom. The first-order chi connectivity index (χ1) is 10.8. The smallest absolute Gasteiger partial charge is 0.314 e. The molecule has 0 spiro atoms. The fourth-order valence-electron chi connectivity index (χ4n) is 3.17. The zero-order chi connectivity index (χ0) is 15.2. The van der Waals surface area contributed by atoms with E-state index in [0.29, 0.717) is 12.5 Å². The van der Waals surface area contributed by atoms with E-state index in [1.807, 2.05) is 0 Å². The van der Waals surface area contributed by atoms with Crippen molar-refractivity contribution in [1.82, 2.24) is 15.5 Å². The average molecular weight is 303 g/mol. The third kappa shape index (κ3) is 3.99. The largest absolute Gasteiger partial charge is 0.380 e. The lowest BCUT2D eigenvalue weighted by atomic mass is 9.78. The van der Waals surface area contributed by atoms with Gasteiger partial charge in [0.05, 0.1) is 6.61 Å². The molecule has 22 heavy (non-hydrogen) atoms. The highest BCUT2D eigenvalue weighted by Gasteiger charge is 2.25. The van der Waals surface area contributed by atoms with Crippen molar-refractivity contribution >= 4 is 6.03 Å². The molecule has 5 heteroatoms. The van der Waals surface area contributed by atoms with E-state index in [0.717, 1.165) is 52.2 Å². The van der Waals surface area contributed by atoms with E-state index in [-0.39, 0.29) is 6.03 Å². The van der Waals surface area contributed by atoms with Gasteiger partial charge in [0.15, 0.2) is 0 Å². The van der Waals surface area contributed by atoms with Crippen molar-refractivity contribution < 1.29 is 9.53 Å². The minimum absolute atomic E-state index is 0.0598. The van der Waals surface area contributed by atoms with Gasteiger partial charge in [0.25, 0.3) is 0 Å². The molecular formula is C17H25N3O2. The average Bonchev–Trinajstić information content (AvgIpc) is 2.77. The quantitative estimate of drug-likeness (QED) is 0.863. The molecule has 5 nitrogen and oxygen atoms in total. The number of ether oxygens (including phenoxy) is 1. The summed E-state index contributed by atoms with van der Waals surface area (Å²) in [5, 5.41) is 5.93. The van der Waals surface area contributed by atoms with Gasteiger partial charge in [-0.25, -0.2) is 4.79 Å². The molecule has 1 heterocycles. The summed E-state index contributed by atoms with van der Waals surface area (Å²) < 4.78 is 5.42. The summed E-state index contributed by atoms with van der Waals surface area (Å²) in [6.07, 6.45) is 2.15. The second-order valence-corrected chi connectivity index (χ2v) is 6.04. The fourth-order valence-corrected chi connectivity index (χ4v) is 3.17. The summed E-state index contributed by atoms with van der Waals surface area (Å²) in [5.74, 6) is 0.477. The van der Waals surface area contributed by atoms with E-state index >= 15 is 0 Å². The Bertz CT molecular complexity index is 498. The highest BCUT2D eigenvalue weighted by atomic mass is 16.5. The number of nitrogens with zero attached hydrogens (tertiary/aromatic N) is 1. The first-order valence-corrected chi connectivity index (χ1v) is 8.22. The Morgan fingerprint density at radius 2 is 2.14 bits per heavy atom. The highest BCUT2D eigenvalue weighted by molar-refractivity contribution is 5.73. The van der Waals surface area contributed by atoms with Gasteiger partial charge < -0.3 is 15.4 Å². The molecule has 3 rings (SSSR count). The van der Waals surface area contributed by atoms with E-state index in [9.17, 15) is 4.79 Å². The van der Waals surface area contributed by atoms with Crippen LogP contribution < -0.4 is 10.6 Å². The Kier molecular flexibility index (Phi) is 5.29. The van der Waals surface area contributed by atoms with Gasteiger partial charge >= 0.3 is 6.03 Å². The molecule has 1 atom stereocenters. The van der Waals surface area contributed by atoms with E-state index in [1.165, 1.54) is 11.1 Å². The number of amides is 2. The fraction of sp³-hybridized carbons (Fsp3) is 0.588. The van der Waals surface area contributed by atoms with E-state index in [1.54, 1.807) is 0 Å². The molecule has 1 saturated heterocycles. The number of fused-ring (bicyclic) bond motifs is 1. The molecule has 0 unspecified atom stereocenters. The molecule has 120 valence electrons. The first-order valence-electron chi connectivity index (χ1n) is 8.22. The summed E-state index contributed by atoms with van der Waals surface area (Å²) in [4.78, 5) is 14.2. The van der Waals surface area contributed by atoms with Crippen LogP contribution in [0.3, 0.4) is 0 Å². The van der Waals surface area contributed by atoms with E-state index in [2.05, 4.69) is 39.8 Å². The van der Waals surface area contributed by atoms with Crippen molar-refractivity contribution in [3.63, 3.8) is 0 Å². The zero-order valence-electron chi connectivity index (χ0n) is 13.0. The summed E-state index contributed by atoms with van der Waals surface area (Å²) in [5.41, 5.74) is 2.80. The minimum Gasteiger partial charge on any atom is -0.380 e. The molecule has 0 saturated carbocycles. The molecule has 1 aromatic carbocycles. The van der Waals surface area contributed by atoms with Gasteiger partial charge in [0.2, 0.25) is 0 Å². The van der Waals surface area contributed by atoms with Gasteiger partial charge in [-0.1, -0.05) is 24.3 Å². The van der Waals surface area contributed by atoms with Crippen molar-refractivity contribution in [2.75, 3.05) is 45.9 Å². The number of nitrogens with one attached hydrogen (secondary N) is 2. The van der Waals surface area contributed by atoms with Gasteiger partial charge in [-0.2, -0.15) is 0 Å². The normalized spacial score (nSPS) is 21.4. The first kappa shape index (κ1) is 15.3. The summed E-state index contributed by atoms with van der Waals surface area (Å²) >= 11 is 0. The van der Waals surface area contributed by atoms with Crippen LogP contribution in [0.25, 0.3) is 0 Å². The monoisotopic (exact) mass is 303 g/mol. The molecule has 0 bridgehead atoms. The van der Waals surface area contributed by atoms with Crippen molar-refractivity contribution in [3.8, 4) is 0 Å². The lowest BCUT2D eigenvalue weighted by molar-refractivity contribution is 0.141. The zero-order valence-corrected chi connectivity index (χ0v) is 13.0. The van der Waals surface area contributed by atoms with Crippen LogP contribution in [0, 0.1) is 0 Å². The summed E-state index contributed by atoms with van der Waals surface area (Å²) in [7, 11) is 0. The number of hydrogen-bond acceptors (Lipinski definition) is 3. The number of benzene rings is 1. The van der Waals surface area contributed by atoms with Crippen molar-refractivity contribution in [2.24, 2.45) is 0 Å². The minimum atomic E-state index is -0.0598. The third-order valence-corrected chi connectivity index (χ3v) is 4.50. The van der Waals surface area contributed by atoms with Crippen LogP contribution in [0.4, 0.5) is 4.79 Å². The Hall–Kier alpha value is -1.59. The van der Waals surface area contributed by atoms with Crippen LogP contribution in [0.1, 0.15) is 23.5 Å². The van der Waals surface area contributed by atoms with Gasteiger partial charge in [-0.15, -0.1) is 0 Å². The second-order valence-electron chi connectivity index (χ2n) is 6.04. The van der Waals surface area contributed by atoms with Crippen LogP contribution in [-0.4, -0.2) is 56.9 Å². The number of carbonyl (C=O) groups is 1. The Morgan fingerprint density at radius 1 is 1.23 bits per heavy atom. The maximum absolute atomic E-state index is 11.8. The highest BCUT2D eigenvalue weighted by Crippen LogP contribution is 2.33. The van der Waals surface area contributed by atoms with E-state index in [4.69, 9.17) is 4.74 Å². The topological polar surface area (TPSA) is 53.6 Å². The lowest BCUT2D eigenvalue weighted by Crippen LogP contribution is -2.43. The molecule has 2 amide bonds.